The fourth-order valence-corrected chi connectivity index (χ4v) is 2.16. The first-order valence-electron chi connectivity index (χ1n) is 5.84. The smallest absolute Gasteiger partial charge is 0.255 e. The lowest BCUT2D eigenvalue weighted by Gasteiger charge is -2.08. The summed E-state index contributed by atoms with van der Waals surface area (Å²) in [5.41, 5.74) is 0.441. The lowest BCUT2D eigenvalue weighted by Crippen LogP contribution is -2.14. The van der Waals surface area contributed by atoms with Crippen molar-refractivity contribution in [2.24, 2.45) is 0 Å². The summed E-state index contributed by atoms with van der Waals surface area (Å²) in [7, 11) is -3.44. The molecule has 6 nitrogen and oxygen atoms in total. The van der Waals surface area contributed by atoms with Gasteiger partial charge in [0.05, 0.1) is 18.1 Å². The van der Waals surface area contributed by atoms with E-state index in [1.807, 2.05) is 0 Å². The number of aromatic nitrogens is 1. The van der Waals surface area contributed by atoms with Gasteiger partial charge in [-0.05, 0) is 24.3 Å². The van der Waals surface area contributed by atoms with Crippen LogP contribution in [0.5, 0.6) is 0 Å². The van der Waals surface area contributed by atoms with E-state index in [1.54, 1.807) is 0 Å². The molecule has 0 saturated carbocycles. The molecule has 0 unspecified atom stereocenters. The highest BCUT2D eigenvalue weighted by Crippen LogP contribution is 2.16. The fourth-order valence-electron chi connectivity index (χ4n) is 1.61. The first kappa shape index (κ1) is 14.9. The molecule has 1 heterocycles. The van der Waals surface area contributed by atoms with Crippen molar-refractivity contribution in [2.75, 3.05) is 16.3 Å². The molecule has 1 aromatic heterocycles. The SMILES string of the molecule is CS(=O)(=O)Nc1cccc(C(=O)Nc2ccncc2F)c1. The normalized spacial score (nSPS) is 11.0. The van der Waals surface area contributed by atoms with Crippen LogP contribution in [-0.2, 0) is 10.0 Å². The van der Waals surface area contributed by atoms with Crippen molar-refractivity contribution in [3.63, 3.8) is 0 Å². The highest BCUT2D eigenvalue weighted by Gasteiger charge is 2.10. The van der Waals surface area contributed by atoms with Crippen LogP contribution in [0.3, 0.4) is 0 Å². The number of carbonyl (C=O) groups is 1. The molecule has 0 atom stereocenters. The lowest BCUT2D eigenvalue weighted by atomic mass is 10.2. The zero-order valence-corrected chi connectivity index (χ0v) is 11.8. The quantitative estimate of drug-likeness (QED) is 0.902. The summed E-state index contributed by atoms with van der Waals surface area (Å²) in [5, 5.41) is 2.39. The van der Waals surface area contributed by atoms with Crippen molar-refractivity contribution in [2.45, 2.75) is 0 Å². The number of pyridine rings is 1. The van der Waals surface area contributed by atoms with Gasteiger partial charge in [0.2, 0.25) is 10.0 Å². The van der Waals surface area contributed by atoms with E-state index in [9.17, 15) is 17.6 Å². The lowest BCUT2D eigenvalue weighted by molar-refractivity contribution is 0.102. The van der Waals surface area contributed by atoms with Crippen molar-refractivity contribution in [3.8, 4) is 0 Å². The van der Waals surface area contributed by atoms with Gasteiger partial charge in [0.1, 0.15) is 0 Å². The maximum Gasteiger partial charge on any atom is 0.255 e. The Balaban J connectivity index is 2.20. The fraction of sp³-hybridized carbons (Fsp3) is 0.0769. The number of halogens is 1. The summed E-state index contributed by atoms with van der Waals surface area (Å²) in [4.78, 5) is 15.6. The van der Waals surface area contributed by atoms with Crippen molar-refractivity contribution < 1.29 is 17.6 Å². The van der Waals surface area contributed by atoms with Gasteiger partial charge < -0.3 is 5.32 Å². The maximum absolute atomic E-state index is 13.4. The van der Waals surface area contributed by atoms with E-state index in [-0.39, 0.29) is 16.9 Å². The predicted octanol–water partition coefficient (Wildman–Crippen LogP) is 1.84. The molecule has 8 heteroatoms. The number of amides is 1. The van der Waals surface area contributed by atoms with Gasteiger partial charge in [0.15, 0.2) is 5.82 Å². The van der Waals surface area contributed by atoms with E-state index >= 15 is 0 Å². The Bertz CT molecular complexity index is 778. The zero-order chi connectivity index (χ0) is 15.5. The molecule has 2 N–H and O–H groups in total. The van der Waals surface area contributed by atoms with Crippen LogP contribution in [0.1, 0.15) is 10.4 Å². The van der Waals surface area contributed by atoms with Crippen LogP contribution in [0, 0.1) is 5.82 Å². The van der Waals surface area contributed by atoms with Gasteiger partial charge in [-0.2, -0.15) is 0 Å². The number of carbonyl (C=O) groups excluding carboxylic acids is 1. The van der Waals surface area contributed by atoms with Gasteiger partial charge in [-0.3, -0.25) is 14.5 Å². The molecule has 1 amide bonds. The van der Waals surface area contributed by atoms with E-state index in [0.29, 0.717) is 0 Å². The first-order valence-corrected chi connectivity index (χ1v) is 7.73. The predicted molar refractivity (Wildman–Crippen MR) is 77.1 cm³/mol. The molecule has 0 aliphatic heterocycles. The molecular weight excluding hydrogens is 297 g/mol. The van der Waals surface area contributed by atoms with Crippen LogP contribution < -0.4 is 10.0 Å². The molecule has 0 bridgehead atoms. The first-order chi connectivity index (χ1) is 9.85. The molecule has 21 heavy (non-hydrogen) atoms. The molecule has 0 radical (unpaired) electrons. The Kier molecular flexibility index (Phi) is 4.18. The van der Waals surface area contributed by atoms with Crippen LogP contribution in [0.4, 0.5) is 15.8 Å². The molecular formula is C13H12FN3O3S. The van der Waals surface area contributed by atoms with E-state index in [4.69, 9.17) is 0 Å². The minimum absolute atomic E-state index is 0.00326. The van der Waals surface area contributed by atoms with Crippen LogP contribution in [-0.4, -0.2) is 25.6 Å². The van der Waals surface area contributed by atoms with Crippen LogP contribution in [0.15, 0.2) is 42.7 Å². The van der Waals surface area contributed by atoms with Crippen molar-refractivity contribution in [3.05, 3.63) is 54.1 Å². The summed E-state index contributed by atoms with van der Waals surface area (Å²) in [5.74, 6) is -1.21. The Morgan fingerprint density at radius 3 is 2.71 bits per heavy atom. The van der Waals surface area contributed by atoms with E-state index in [1.165, 1.54) is 36.5 Å². The summed E-state index contributed by atoms with van der Waals surface area (Å²) in [6.45, 7) is 0. The minimum Gasteiger partial charge on any atom is -0.319 e. The third-order valence-corrected chi connectivity index (χ3v) is 3.06. The summed E-state index contributed by atoms with van der Waals surface area (Å²) >= 11 is 0. The van der Waals surface area contributed by atoms with Crippen LogP contribution >= 0.6 is 0 Å². The molecule has 0 aliphatic carbocycles. The minimum atomic E-state index is -3.44. The summed E-state index contributed by atoms with van der Waals surface area (Å²) < 4.78 is 38.0. The third kappa shape index (κ3) is 4.25. The summed E-state index contributed by atoms with van der Waals surface area (Å²) in [6, 6.07) is 7.19. The average molecular weight is 309 g/mol. The second-order valence-corrected chi connectivity index (χ2v) is 6.01. The number of sulfonamides is 1. The molecule has 0 aliphatic rings. The van der Waals surface area contributed by atoms with Gasteiger partial charge >= 0.3 is 0 Å². The second kappa shape index (κ2) is 5.88. The van der Waals surface area contributed by atoms with Crippen LogP contribution in [0.25, 0.3) is 0 Å². The van der Waals surface area contributed by atoms with Crippen molar-refractivity contribution in [1.29, 1.82) is 0 Å². The molecule has 2 rings (SSSR count). The van der Waals surface area contributed by atoms with Crippen molar-refractivity contribution in [1.82, 2.24) is 4.98 Å². The van der Waals surface area contributed by atoms with E-state index < -0.39 is 21.7 Å². The Labute approximate surface area is 121 Å². The highest BCUT2D eigenvalue weighted by molar-refractivity contribution is 7.92. The van der Waals surface area contributed by atoms with Gasteiger partial charge in [0, 0.05) is 17.4 Å². The van der Waals surface area contributed by atoms with Crippen molar-refractivity contribution >= 4 is 27.3 Å². The number of anilines is 2. The number of benzene rings is 1. The van der Waals surface area contributed by atoms with E-state index in [0.717, 1.165) is 12.5 Å². The third-order valence-electron chi connectivity index (χ3n) is 2.45. The molecule has 2 aromatic rings. The monoisotopic (exact) mass is 309 g/mol. The van der Waals surface area contributed by atoms with Gasteiger partial charge in [0.25, 0.3) is 5.91 Å². The number of hydrogen-bond donors (Lipinski definition) is 2. The maximum atomic E-state index is 13.4. The molecule has 0 saturated heterocycles. The number of rotatable bonds is 4. The van der Waals surface area contributed by atoms with Gasteiger partial charge in [-0.15, -0.1) is 0 Å². The van der Waals surface area contributed by atoms with E-state index in [2.05, 4.69) is 15.0 Å². The molecule has 0 fully saturated rings. The Morgan fingerprint density at radius 2 is 2.05 bits per heavy atom. The largest absolute Gasteiger partial charge is 0.319 e. The standard InChI is InChI=1S/C13H12FN3O3S/c1-21(19,20)17-10-4-2-3-9(7-10)13(18)16-12-5-6-15-8-11(12)14/h2-8,17H,1H3,(H,15,16,18). The van der Waals surface area contributed by atoms with Crippen LogP contribution in [0.2, 0.25) is 0 Å². The second-order valence-electron chi connectivity index (χ2n) is 4.26. The van der Waals surface area contributed by atoms with Gasteiger partial charge in [-0.25, -0.2) is 12.8 Å². The molecule has 110 valence electrons. The number of nitrogens with one attached hydrogen (secondary N) is 2. The number of hydrogen-bond acceptors (Lipinski definition) is 4. The average Bonchev–Trinajstić information content (AvgIpc) is 2.39. The highest BCUT2D eigenvalue weighted by atomic mass is 32.2. The molecule has 0 spiro atoms. The Morgan fingerprint density at radius 1 is 1.29 bits per heavy atom. The molecule has 1 aromatic carbocycles. The zero-order valence-electron chi connectivity index (χ0n) is 11.0. The number of nitrogens with zero attached hydrogens (tertiary/aromatic N) is 1. The Hall–Kier alpha value is -2.48. The summed E-state index contributed by atoms with van der Waals surface area (Å²) in [6.07, 6.45) is 3.34. The topological polar surface area (TPSA) is 88.2 Å². The van der Waals surface area contributed by atoms with Gasteiger partial charge in [-0.1, -0.05) is 6.07 Å².